The molecule has 1 amide bonds. The van der Waals surface area contributed by atoms with Gasteiger partial charge < -0.3 is 10.1 Å². The molecule has 1 saturated carbocycles. The predicted molar refractivity (Wildman–Crippen MR) is 117 cm³/mol. The Labute approximate surface area is 187 Å². The van der Waals surface area contributed by atoms with Crippen LogP contribution in [-0.2, 0) is 26.1 Å². The zero-order valence-corrected chi connectivity index (χ0v) is 18.5. The highest BCUT2D eigenvalue weighted by Gasteiger charge is 2.22. The number of rotatable bonds is 8. The molecule has 9 heteroatoms. The zero-order chi connectivity index (χ0) is 22.3. The minimum absolute atomic E-state index is 0.00467. The average molecular weight is 465 g/mol. The van der Waals surface area contributed by atoms with Gasteiger partial charge in [0.2, 0.25) is 10.0 Å². The molecule has 0 atom stereocenters. The number of nitrogens with one attached hydrogen (secondary N) is 2. The molecule has 31 heavy (non-hydrogen) atoms. The van der Waals surface area contributed by atoms with E-state index in [2.05, 4.69) is 10.0 Å². The normalized spacial score (nSPS) is 14.7. The highest BCUT2D eigenvalue weighted by molar-refractivity contribution is 7.89. The number of hydrogen-bond donors (Lipinski definition) is 2. The molecule has 2 aromatic carbocycles. The summed E-state index contributed by atoms with van der Waals surface area (Å²) < 4.78 is 32.9. The van der Waals surface area contributed by atoms with E-state index in [1.807, 2.05) is 6.07 Å². The van der Waals surface area contributed by atoms with Crippen molar-refractivity contribution in [2.75, 3.05) is 6.61 Å². The molecule has 0 saturated heterocycles. The van der Waals surface area contributed by atoms with Gasteiger partial charge in [0, 0.05) is 12.6 Å². The van der Waals surface area contributed by atoms with Gasteiger partial charge in [-0.2, -0.15) is 0 Å². The van der Waals surface area contributed by atoms with E-state index >= 15 is 0 Å². The van der Waals surface area contributed by atoms with E-state index < -0.39 is 22.6 Å². The number of halogens is 1. The van der Waals surface area contributed by atoms with Crippen molar-refractivity contribution < 1.29 is 22.7 Å². The predicted octanol–water partition coefficient (Wildman–Crippen LogP) is 3.42. The molecule has 1 aliphatic rings. The molecule has 0 heterocycles. The van der Waals surface area contributed by atoms with Crippen LogP contribution in [0.25, 0.3) is 0 Å². The van der Waals surface area contributed by atoms with Gasteiger partial charge in [0.25, 0.3) is 5.91 Å². The third kappa shape index (κ3) is 6.78. The molecule has 0 spiro atoms. The van der Waals surface area contributed by atoms with Crippen molar-refractivity contribution >= 4 is 33.5 Å². The highest BCUT2D eigenvalue weighted by atomic mass is 35.5. The summed E-state index contributed by atoms with van der Waals surface area (Å²) in [6.45, 7) is -0.345. The van der Waals surface area contributed by atoms with E-state index in [0.29, 0.717) is 0 Å². The Morgan fingerprint density at radius 3 is 2.45 bits per heavy atom. The molecule has 1 aliphatic carbocycles. The third-order valence-electron chi connectivity index (χ3n) is 5.07. The Hall–Kier alpha value is -2.42. The second-order valence-electron chi connectivity index (χ2n) is 7.43. The lowest BCUT2D eigenvalue weighted by molar-refractivity contribution is -0.125. The summed E-state index contributed by atoms with van der Waals surface area (Å²) in [5, 5.41) is 2.84. The molecule has 166 valence electrons. The van der Waals surface area contributed by atoms with Crippen LogP contribution in [0.3, 0.4) is 0 Å². The van der Waals surface area contributed by atoms with Crippen molar-refractivity contribution in [2.45, 2.75) is 49.6 Å². The fourth-order valence-corrected chi connectivity index (χ4v) is 4.96. The van der Waals surface area contributed by atoms with Crippen molar-refractivity contribution in [2.24, 2.45) is 0 Å². The van der Waals surface area contributed by atoms with Crippen LogP contribution in [0.15, 0.2) is 53.4 Å². The number of carbonyl (C=O) groups excluding carboxylic acids is 2. The van der Waals surface area contributed by atoms with Crippen LogP contribution in [0.5, 0.6) is 0 Å². The SMILES string of the molecule is O=C(COC(=O)c1ccc(Cl)c(S(=O)(=O)NCc2ccccc2)c1)NC1CCCCC1. The van der Waals surface area contributed by atoms with Crippen molar-refractivity contribution in [1.82, 2.24) is 10.0 Å². The number of amides is 1. The fraction of sp³-hybridized carbons (Fsp3) is 0.364. The molecule has 0 unspecified atom stereocenters. The minimum atomic E-state index is -3.96. The van der Waals surface area contributed by atoms with Crippen molar-refractivity contribution in [1.29, 1.82) is 0 Å². The monoisotopic (exact) mass is 464 g/mol. The molecular weight excluding hydrogens is 440 g/mol. The zero-order valence-electron chi connectivity index (χ0n) is 17.0. The van der Waals surface area contributed by atoms with Gasteiger partial charge >= 0.3 is 5.97 Å². The standard InChI is InChI=1S/C22H25ClN2O5S/c23-19-12-11-17(22(27)30-15-21(26)25-18-9-5-2-6-10-18)13-20(19)31(28,29)24-14-16-7-3-1-4-8-16/h1,3-4,7-8,11-13,18,24H,2,5-6,9-10,14-15H2,(H,25,26). The molecule has 3 rings (SSSR count). The second kappa shape index (κ2) is 10.7. The van der Waals surface area contributed by atoms with Crippen molar-refractivity contribution in [3.05, 3.63) is 64.7 Å². The molecular formula is C22H25ClN2O5S. The first-order chi connectivity index (χ1) is 14.8. The molecule has 0 aliphatic heterocycles. The Morgan fingerprint density at radius 1 is 1.03 bits per heavy atom. The van der Waals surface area contributed by atoms with E-state index in [9.17, 15) is 18.0 Å². The van der Waals surface area contributed by atoms with E-state index in [1.54, 1.807) is 24.3 Å². The fourth-order valence-electron chi connectivity index (χ4n) is 3.42. The summed E-state index contributed by atoms with van der Waals surface area (Å²) in [7, 11) is -3.96. The van der Waals surface area contributed by atoms with Crippen LogP contribution in [0.1, 0.15) is 48.0 Å². The smallest absolute Gasteiger partial charge is 0.338 e. The molecule has 0 aromatic heterocycles. The first-order valence-electron chi connectivity index (χ1n) is 10.1. The lowest BCUT2D eigenvalue weighted by atomic mass is 9.95. The Morgan fingerprint density at radius 2 is 1.74 bits per heavy atom. The number of hydrogen-bond acceptors (Lipinski definition) is 5. The van der Waals surface area contributed by atoms with Gasteiger partial charge in [0.05, 0.1) is 10.6 Å². The van der Waals surface area contributed by atoms with Crippen LogP contribution < -0.4 is 10.0 Å². The molecule has 0 bridgehead atoms. The summed E-state index contributed by atoms with van der Waals surface area (Å²) >= 11 is 6.07. The summed E-state index contributed by atoms with van der Waals surface area (Å²) in [5.74, 6) is -1.17. The topological polar surface area (TPSA) is 102 Å². The van der Waals surface area contributed by atoms with Gasteiger partial charge in [-0.25, -0.2) is 17.9 Å². The van der Waals surface area contributed by atoms with Crippen LogP contribution in [0.2, 0.25) is 5.02 Å². The van der Waals surface area contributed by atoms with Crippen molar-refractivity contribution in [3.8, 4) is 0 Å². The third-order valence-corrected chi connectivity index (χ3v) is 6.95. The maximum Gasteiger partial charge on any atom is 0.338 e. The minimum Gasteiger partial charge on any atom is -0.452 e. The number of ether oxygens (including phenoxy) is 1. The largest absolute Gasteiger partial charge is 0.452 e. The Balaban J connectivity index is 1.61. The van der Waals surface area contributed by atoms with Crippen LogP contribution in [-0.4, -0.2) is 32.9 Å². The van der Waals surface area contributed by atoms with Gasteiger partial charge in [-0.1, -0.05) is 61.2 Å². The average Bonchev–Trinajstić information content (AvgIpc) is 2.78. The molecule has 2 aromatic rings. The lowest BCUT2D eigenvalue weighted by Gasteiger charge is -2.22. The molecule has 2 N–H and O–H groups in total. The summed E-state index contributed by atoms with van der Waals surface area (Å²) in [5.41, 5.74) is 0.775. The van der Waals surface area contributed by atoms with E-state index in [1.165, 1.54) is 18.6 Å². The summed E-state index contributed by atoms with van der Waals surface area (Å²) in [6, 6.07) is 13.0. The number of benzene rings is 2. The maximum absolute atomic E-state index is 12.7. The second-order valence-corrected chi connectivity index (χ2v) is 9.58. The Kier molecular flexibility index (Phi) is 8.06. The lowest BCUT2D eigenvalue weighted by Crippen LogP contribution is -2.38. The van der Waals surface area contributed by atoms with Gasteiger partial charge in [-0.3, -0.25) is 4.79 Å². The van der Waals surface area contributed by atoms with Gasteiger partial charge in [0.15, 0.2) is 6.61 Å². The maximum atomic E-state index is 12.7. The molecule has 1 fully saturated rings. The van der Waals surface area contributed by atoms with E-state index in [4.69, 9.17) is 16.3 Å². The number of esters is 1. The summed E-state index contributed by atoms with van der Waals surface area (Å²) in [4.78, 5) is 24.2. The number of carbonyl (C=O) groups is 2. The number of sulfonamides is 1. The van der Waals surface area contributed by atoms with E-state index in [-0.39, 0.29) is 34.0 Å². The van der Waals surface area contributed by atoms with Gasteiger partial charge in [-0.15, -0.1) is 0 Å². The van der Waals surface area contributed by atoms with Gasteiger partial charge in [0.1, 0.15) is 4.90 Å². The van der Waals surface area contributed by atoms with E-state index in [0.717, 1.165) is 37.3 Å². The van der Waals surface area contributed by atoms with Crippen LogP contribution >= 0.6 is 11.6 Å². The van der Waals surface area contributed by atoms with Crippen molar-refractivity contribution in [3.63, 3.8) is 0 Å². The highest BCUT2D eigenvalue weighted by Crippen LogP contribution is 2.23. The van der Waals surface area contributed by atoms with Gasteiger partial charge in [-0.05, 0) is 36.6 Å². The molecule has 7 nitrogen and oxygen atoms in total. The van der Waals surface area contributed by atoms with Crippen LogP contribution in [0, 0.1) is 0 Å². The first kappa shape index (κ1) is 23.2. The summed E-state index contributed by atoms with van der Waals surface area (Å²) in [6.07, 6.45) is 5.17. The Bertz CT molecular complexity index is 1020. The quantitative estimate of drug-likeness (QED) is 0.583. The first-order valence-corrected chi connectivity index (χ1v) is 12.0. The molecule has 0 radical (unpaired) electrons. The van der Waals surface area contributed by atoms with Crippen LogP contribution in [0.4, 0.5) is 0 Å².